The van der Waals surface area contributed by atoms with Crippen molar-refractivity contribution in [3.8, 4) is 0 Å². The summed E-state index contributed by atoms with van der Waals surface area (Å²) in [7, 11) is 0. The molecule has 5 nitrogen and oxygen atoms in total. The van der Waals surface area contributed by atoms with Crippen molar-refractivity contribution in [1.29, 1.82) is 0 Å². The highest BCUT2D eigenvalue weighted by Gasteiger charge is 2.53. The van der Waals surface area contributed by atoms with Crippen molar-refractivity contribution in [3.05, 3.63) is 34.1 Å². The second kappa shape index (κ2) is 7.22. The number of amides is 1. The predicted molar refractivity (Wildman–Crippen MR) is 112 cm³/mol. The van der Waals surface area contributed by atoms with Crippen molar-refractivity contribution in [2.45, 2.75) is 49.1 Å². The lowest BCUT2D eigenvalue weighted by Crippen LogP contribution is -2.49. The summed E-state index contributed by atoms with van der Waals surface area (Å²) in [6.45, 7) is 0. The van der Waals surface area contributed by atoms with E-state index in [1.807, 2.05) is 0 Å². The van der Waals surface area contributed by atoms with Crippen molar-refractivity contribution in [2.24, 2.45) is 17.8 Å². The largest absolute Gasteiger partial charge is 0.324 e. The van der Waals surface area contributed by atoms with Gasteiger partial charge in [0.25, 0.3) is 0 Å². The molecule has 4 bridgehead atoms. The Balaban J connectivity index is 1.23. The van der Waals surface area contributed by atoms with E-state index in [-0.39, 0.29) is 17.1 Å². The number of hydrogen-bond donors (Lipinski definition) is 2. The fraction of sp³-hybridized carbons (Fsp3) is 0.550. The summed E-state index contributed by atoms with van der Waals surface area (Å²) in [6.07, 6.45) is 7.94. The summed E-state index contributed by atoms with van der Waals surface area (Å²) in [4.78, 5) is 17.1. The lowest BCUT2D eigenvalue weighted by atomic mass is 9.49. The summed E-state index contributed by atoms with van der Waals surface area (Å²) < 4.78 is 0. The molecule has 6 rings (SSSR count). The highest BCUT2D eigenvalue weighted by molar-refractivity contribution is 7.99. The van der Waals surface area contributed by atoms with Gasteiger partial charge in [0.15, 0.2) is 0 Å². The van der Waals surface area contributed by atoms with Gasteiger partial charge in [0.05, 0.1) is 21.5 Å². The average molecular weight is 437 g/mol. The molecule has 2 aromatic rings. The van der Waals surface area contributed by atoms with Crippen LogP contribution in [0.5, 0.6) is 0 Å². The highest BCUT2D eigenvalue weighted by atomic mass is 35.5. The zero-order chi connectivity index (χ0) is 19.3. The molecule has 28 heavy (non-hydrogen) atoms. The Morgan fingerprint density at radius 2 is 1.86 bits per heavy atom. The van der Waals surface area contributed by atoms with Crippen LogP contribution in [0.2, 0.25) is 10.0 Å². The van der Waals surface area contributed by atoms with Gasteiger partial charge < -0.3 is 5.32 Å². The molecule has 1 aromatic heterocycles. The van der Waals surface area contributed by atoms with Crippen molar-refractivity contribution < 1.29 is 4.79 Å². The number of aromatic nitrogens is 3. The average Bonchev–Trinajstić information content (AvgIpc) is 3.13. The first-order valence-corrected chi connectivity index (χ1v) is 11.5. The molecule has 4 fully saturated rings. The van der Waals surface area contributed by atoms with E-state index in [0.717, 1.165) is 23.6 Å². The van der Waals surface area contributed by atoms with Gasteiger partial charge in [0.2, 0.25) is 11.1 Å². The minimum absolute atomic E-state index is 0.157. The third-order valence-electron chi connectivity index (χ3n) is 6.56. The topological polar surface area (TPSA) is 70.7 Å². The van der Waals surface area contributed by atoms with Crippen LogP contribution in [0.1, 0.15) is 44.3 Å². The second-order valence-corrected chi connectivity index (χ2v) is 10.3. The number of carbonyl (C=O) groups excluding carboxylic acids is 1. The molecule has 4 saturated carbocycles. The van der Waals surface area contributed by atoms with Crippen molar-refractivity contribution in [2.75, 3.05) is 11.1 Å². The molecule has 0 spiro atoms. The Kier molecular flexibility index (Phi) is 4.84. The van der Waals surface area contributed by atoms with Gasteiger partial charge in [-0.3, -0.25) is 9.89 Å². The smallest absolute Gasteiger partial charge is 0.234 e. The molecule has 0 atom stereocenters. The van der Waals surface area contributed by atoms with Gasteiger partial charge in [-0.05, 0) is 68.4 Å². The maximum Gasteiger partial charge on any atom is 0.234 e. The van der Waals surface area contributed by atoms with E-state index in [9.17, 15) is 4.79 Å². The van der Waals surface area contributed by atoms with Gasteiger partial charge in [-0.15, -0.1) is 5.10 Å². The SMILES string of the molecule is O=C(CSc1n[nH]c(C23CC4CC(CC(C4)C2)C3)n1)Nc1cccc(Cl)c1Cl. The quantitative estimate of drug-likeness (QED) is 0.622. The Morgan fingerprint density at radius 1 is 1.18 bits per heavy atom. The van der Waals surface area contributed by atoms with Crippen LogP contribution in [0.4, 0.5) is 5.69 Å². The van der Waals surface area contributed by atoms with Gasteiger partial charge in [-0.1, -0.05) is 41.0 Å². The summed E-state index contributed by atoms with van der Waals surface area (Å²) in [5.74, 6) is 3.69. The Morgan fingerprint density at radius 3 is 2.54 bits per heavy atom. The van der Waals surface area contributed by atoms with Gasteiger partial charge >= 0.3 is 0 Å². The van der Waals surface area contributed by atoms with Crippen molar-refractivity contribution in [1.82, 2.24) is 15.2 Å². The third kappa shape index (κ3) is 3.44. The minimum Gasteiger partial charge on any atom is -0.324 e. The highest BCUT2D eigenvalue weighted by Crippen LogP contribution is 2.60. The number of nitrogens with one attached hydrogen (secondary N) is 2. The maximum atomic E-state index is 12.3. The van der Waals surface area contributed by atoms with Crippen molar-refractivity contribution in [3.63, 3.8) is 0 Å². The number of rotatable bonds is 5. The monoisotopic (exact) mass is 436 g/mol. The van der Waals surface area contributed by atoms with E-state index in [2.05, 4.69) is 15.5 Å². The second-order valence-electron chi connectivity index (χ2n) is 8.60. The maximum absolute atomic E-state index is 12.3. The van der Waals surface area contributed by atoms with Gasteiger partial charge in [0, 0.05) is 5.41 Å². The molecule has 148 valence electrons. The third-order valence-corrected chi connectivity index (χ3v) is 8.23. The number of benzene rings is 1. The number of H-pyrrole nitrogens is 1. The normalized spacial score (nSPS) is 30.6. The van der Waals surface area contributed by atoms with Gasteiger partial charge in [-0.2, -0.15) is 0 Å². The van der Waals surface area contributed by atoms with E-state index in [0.29, 0.717) is 20.9 Å². The van der Waals surface area contributed by atoms with E-state index in [1.165, 1.54) is 50.3 Å². The lowest BCUT2D eigenvalue weighted by Gasteiger charge is -2.55. The first-order valence-electron chi connectivity index (χ1n) is 9.80. The molecule has 0 saturated heterocycles. The summed E-state index contributed by atoms with van der Waals surface area (Å²) in [6, 6.07) is 5.17. The summed E-state index contributed by atoms with van der Waals surface area (Å²) in [5.41, 5.74) is 0.709. The number of hydrogen-bond acceptors (Lipinski definition) is 4. The van der Waals surface area contributed by atoms with Crippen LogP contribution in [0.15, 0.2) is 23.4 Å². The van der Waals surface area contributed by atoms with Gasteiger partial charge in [0.1, 0.15) is 5.82 Å². The Hall–Kier alpha value is -1.24. The van der Waals surface area contributed by atoms with E-state index < -0.39 is 0 Å². The van der Waals surface area contributed by atoms with Gasteiger partial charge in [-0.25, -0.2) is 4.98 Å². The number of carbonyl (C=O) groups is 1. The zero-order valence-electron chi connectivity index (χ0n) is 15.4. The van der Waals surface area contributed by atoms with E-state index in [4.69, 9.17) is 28.2 Å². The van der Waals surface area contributed by atoms with Crippen LogP contribution in [-0.4, -0.2) is 26.8 Å². The molecule has 1 aromatic carbocycles. The minimum atomic E-state index is -0.157. The molecule has 0 aliphatic heterocycles. The van der Waals surface area contributed by atoms with E-state index >= 15 is 0 Å². The van der Waals surface area contributed by atoms with Crippen molar-refractivity contribution >= 4 is 46.6 Å². The molecular weight excluding hydrogens is 415 g/mol. The molecule has 8 heteroatoms. The van der Waals surface area contributed by atoms with Crippen LogP contribution in [0.3, 0.4) is 0 Å². The number of aromatic amines is 1. The fourth-order valence-electron chi connectivity index (χ4n) is 5.87. The van der Waals surface area contributed by atoms with E-state index in [1.54, 1.807) is 18.2 Å². The molecule has 0 radical (unpaired) electrons. The number of halogens is 2. The lowest BCUT2D eigenvalue weighted by molar-refractivity contribution is -0.113. The predicted octanol–water partition coefficient (Wildman–Crippen LogP) is 5.31. The van der Waals surface area contributed by atoms with Crippen LogP contribution in [-0.2, 0) is 10.2 Å². The molecule has 4 aliphatic carbocycles. The summed E-state index contributed by atoms with van der Waals surface area (Å²) in [5, 5.41) is 11.8. The summed E-state index contributed by atoms with van der Waals surface area (Å²) >= 11 is 13.5. The molecule has 4 aliphatic rings. The molecular formula is C20H22Cl2N4OS. The number of nitrogens with zero attached hydrogens (tertiary/aromatic N) is 2. The number of anilines is 1. The van der Waals surface area contributed by atoms with Crippen LogP contribution in [0.25, 0.3) is 0 Å². The standard InChI is InChI=1S/C20H22Cl2N4OS/c21-14-2-1-3-15(17(14)22)23-16(27)10-28-19-24-18(25-26-19)20-7-11-4-12(8-20)6-13(5-11)9-20/h1-3,11-13H,4-10H2,(H,23,27)(H,24,25,26). The first-order chi connectivity index (χ1) is 13.5. The molecule has 2 N–H and O–H groups in total. The molecule has 1 amide bonds. The van der Waals surface area contributed by atoms with Crippen LogP contribution >= 0.6 is 35.0 Å². The first kappa shape index (κ1) is 18.8. The fourth-order valence-corrected chi connectivity index (χ4v) is 6.81. The number of thioether (sulfide) groups is 1. The van der Waals surface area contributed by atoms with Crippen LogP contribution in [0, 0.1) is 17.8 Å². The van der Waals surface area contributed by atoms with Crippen LogP contribution < -0.4 is 5.32 Å². The Labute approximate surface area is 178 Å². The zero-order valence-corrected chi connectivity index (χ0v) is 17.7. The Bertz CT molecular complexity index is 880. The molecule has 1 heterocycles. The molecule has 0 unspecified atom stereocenters.